The lowest BCUT2D eigenvalue weighted by molar-refractivity contribution is 0.131. The maximum Gasteiger partial charge on any atom is 0.0478 e. The van der Waals surface area contributed by atoms with Gasteiger partial charge in [-0.2, -0.15) is 0 Å². The molecule has 0 amide bonds. The summed E-state index contributed by atoms with van der Waals surface area (Å²) < 4.78 is 5.39. The third-order valence-corrected chi connectivity index (χ3v) is 2.65. The van der Waals surface area contributed by atoms with Crippen LogP contribution in [0.15, 0.2) is 0 Å². The lowest BCUT2D eigenvalue weighted by atomic mass is 9.85. The summed E-state index contributed by atoms with van der Waals surface area (Å²) in [5, 5.41) is 3.48. The van der Waals surface area contributed by atoms with Crippen LogP contribution in [0.2, 0.25) is 0 Å². The Morgan fingerprint density at radius 2 is 2.15 bits per heavy atom. The Labute approximate surface area is 82.0 Å². The van der Waals surface area contributed by atoms with E-state index in [0.717, 1.165) is 38.5 Å². The topological polar surface area (TPSA) is 21.3 Å². The molecule has 1 aliphatic carbocycles. The van der Waals surface area contributed by atoms with Crippen LogP contribution in [0, 0.1) is 5.92 Å². The van der Waals surface area contributed by atoms with Crippen LogP contribution in [-0.4, -0.2) is 26.3 Å². The second-order valence-electron chi connectivity index (χ2n) is 3.97. The second-order valence-corrected chi connectivity index (χ2v) is 3.97. The molecule has 1 rings (SSSR count). The monoisotopic (exact) mass is 185 g/mol. The summed E-state index contributed by atoms with van der Waals surface area (Å²) in [6.07, 6.45) is 6.63. The fourth-order valence-electron chi connectivity index (χ4n) is 1.55. The van der Waals surface area contributed by atoms with Crippen LogP contribution in [0.1, 0.15) is 39.0 Å². The molecule has 0 aromatic carbocycles. The predicted molar refractivity (Wildman–Crippen MR) is 55.9 cm³/mol. The van der Waals surface area contributed by atoms with Gasteiger partial charge in [-0.15, -0.1) is 0 Å². The van der Waals surface area contributed by atoms with E-state index in [1.807, 2.05) is 0 Å². The summed E-state index contributed by atoms with van der Waals surface area (Å²) in [6, 6.07) is 0. The summed E-state index contributed by atoms with van der Waals surface area (Å²) >= 11 is 0. The van der Waals surface area contributed by atoms with Crippen LogP contribution in [0.25, 0.3) is 0 Å². The largest absolute Gasteiger partial charge is 0.381 e. The fourth-order valence-corrected chi connectivity index (χ4v) is 1.55. The van der Waals surface area contributed by atoms with Gasteiger partial charge in [0.1, 0.15) is 0 Å². The first-order valence-corrected chi connectivity index (χ1v) is 5.72. The van der Waals surface area contributed by atoms with E-state index in [2.05, 4.69) is 12.2 Å². The quantitative estimate of drug-likeness (QED) is 0.585. The van der Waals surface area contributed by atoms with Gasteiger partial charge in [0.2, 0.25) is 0 Å². The van der Waals surface area contributed by atoms with Crippen LogP contribution in [-0.2, 0) is 4.74 Å². The average molecular weight is 185 g/mol. The second kappa shape index (κ2) is 7.34. The molecular formula is C11H23NO. The van der Waals surface area contributed by atoms with Gasteiger partial charge >= 0.3 is 0 Å². The van der Waals surface area contributed by atoms with E-state index in [-0.39, 0.29) is 0 Å². The van der Waals surface area contributed by atoms with E-state index in [0.29, 0.717) is 0 Å². The van der Waals surface area contributed by atoms with Crippen LogP contribution in [0.4, 0.5) is 0 Å². The molecule has 78 valence electrons. The molecule has 2 nitrogen and oxygen atoms in total. The molecule has 0 saturated heterocycles. The van der Waals surface area contributed by atoms with E-state index in [1.54, 1.807) is 0 Å². The summed E-state index contributed by atoms with van der Waals surface area (Å²) in [5.74, 6) is 0.983. The highest BCUT2D eigenvalue weighted by atomic mass is 16.5. The molecule has 0 atom stereocenters. The SMILES string of the molecule is CCCOCCCNCC1CCC1. The minimum absolute atomic E-state index is 0.919. The van der Waals surface area contributed by atoms with Gasteiger partial charge in [0.15, 0.2) is 0 Å². The summed E-state index contributed by atoms with van der Waals surface area (Å²) in [7, 11) is 0. The van der Waals surface area contributed by atoms with Crippen LogP contribution < -0.4 is 5.32 Å². The maximum absolute atomic E-state index is 5.39. The Balaban J connectivity index is 1.68. The lowest BCUT2D eigenvalue weighted by Gasteiger charge is -2.25. The normalized spacial score (nSPS) is 17.3. The fraction of sp³-hybridized carbons (Fsp3) is 1.00. The predicted octanol–water partition coefficient (Wildman–Crippen LogP) is 2.19. The van der Waals surface area contributed by atoms with Crippen molar-refractivity contribution in [3.8, 4) is 0 Å². The van der Waals surface area contributed by atoms with Gasteiger partial charge in [-0.05, 0) is 44.7 Å². The standard InChI is InChI=1S/C11H23NO/c1-2-8-13-9-4-7-12-10-11-5-3-6-11/h11-12H,2-10H2,1H3. The van der Waals surface area contributed by atoms with Crippen molar-refractivity contribution in [2.75, 3.05) is 26.3 Å². The highest BCUT2D eigenvalue weighted by Gasteiger charge is 2.15. The number of nitrogens with one attached hydrogen (secondary N) is 1. The zero-order valence-electron chi connectivity index (χ0n) is 8.85. The Hall–Kier alpha value is -0.0800. The van der Waals surface area contributed by atoms with Gasteiger partial charge < -0.3 is 10.1 Å². The first-order valence-electron chi connectivity index (χ1n) is 5.72. The number of hydrogen-bond donors (Lipinski definition) is 1. The van der Waals surface area contributed by atoms with Crippen LogP contribution in [0.5, 0.6) is 0 Å². The minimum atomic E-state index is 0.919. The van der Waals surface area contributed by atoms with Crippen molar-refractivity contribution in [2.24, 2.45) is 5.92 Å². The van der Waals surface area contributed by atoms with Gasteiger partial charge in [-0.1, -0.05) is 13.3 Å². The van der Waals surface area contributed by atoms with Crippen molar-refractivity contribution in [3.05, 3.63) is 0 Å². The molecule has 0 spiro atoms. The van der Waals surface area contributed by atoms with Crippen LogP contribution >= 0.6 is 0 Å². The highest BCUT2D eigenvalue weighted by Crippen LogP contribution is 2.24. The van der Waals surface area contributed by atoms with Crippen molar-refractivity contribution >= 4 is 0 Å². The Morgan fingerprint density at radius 1 is 1.31 bits per heavy atom. The zero-order chi connectivity index (χ0) is 9.36. The Morgan fingerprint density at radius 3 is 2.77 bits per heavy atom. The summed E-state index contributed by atoms with van der Waals surface area (Å²) in [5.41, 5.74) is 0. The molecule has 1 N–H and O–H groups in total. The number of hydrogen-bond acceptors (Lipinski definition) is 2. The molecule has 0 radical (unpaired) electrons. The first-order chi connectivity index (χ1) is 6.43. The van der Waals surface area contributed by atoms with Crippen molar-refractivity contribution in [3.63, 3.8) is 0 Å². The zero-order valence-corrected chi connectivity index (χ0v) is 8.85. The van der Waals surface area contributed by atoms with Gasteiger partial charge in [-0.25, -0.2) is 0 Å². The van der Waals surface area contributed by atoms with Gasteiger partial charge in [0, 0.05) is 13.2 Å². The smallest absolute Gasteiger partial charge is 0.0478 e. The highest BCUT2D eigenvalue weighted by molar-refractivity contribution is 4.71. The molecule has 0 unspecified atom stereocenters. The Kier molecular flexibility index (Phi) is 6.21. The number of ether oxygens (including phenoxy) is 1. The number of rotatable bonds is 8. The van der Waals surface area contributed by atoms with Crippen LogP contribution in [0.3, 0.4) is 0 Å². The third-order valence-electron chi connectivity index (χ3n) is 2.65. The van der Waals surface area contributed by atoms with E-state index in [1.165, 1.54) is 25.8 Å². The van der Waals surface area contributed by atoms with E-state index in [4.69, 9.17) is 4.74 Å². The molecule has 1 fully saturated rings. The van der Waals surface area contributed by atoms with Crippen molar-refractivity contribution in [2.45, 2.75) is 39.0 Å². The van der Waals surface area contributed by atoms with Crippen molar-refractivity contribution in [1.82, 2.24) is 5.32 Å². The molecule has 0 heterocycles. The molecule has 1 saturated carbocycles. The van der Waals surface area contributed by atoms with Gasteiger partial charge in [-0.3, -0.25) is 0 Å². The van der Waals surface area contributed by atoms with E-state index in [9.17, 15) is 0 Å². The average Bonchev–Trinajstić information content (AvgIpc) is 2.07. The molecule has 0 bridgehead atoms. The molecular weight excluding hydrogens is 162 g/mol. The van der Waals surface area contributed by atoms with Gasteiger partial charge in [0.05, 0.1) is 0 Å². The summed E-state index contributed by atoms with van der Waals surface area (Å²) in [4.78, 5) is 0. The molecule has 0 aromatic rings. The maximum atomic E-state index is 5.39. The lowest BCUT2D eigenvalue weighted by Crippen LogP contribution is -2.28. The van der Waals surface area contributed by atoms with Crippen molar-refractivity contribution < 1.29 is 4.74 Å². The molecule has 0 aliphatic heterocycles. The molecule has 2 heteroatoms. The van der Waals surface area contributed by atoms with Crippen molar-refractivity contribution in [1.29, 1.82) is 0 Å². The molecule has 1 aliphatic rings. The first kappa shape index (κ1) is 11.0. The summed E-state index contributed by atoms with van der Waals surface area (Å²) in [6.45, 7) is 6.34. The van der Waals surface area contributed by atoms with Gasteiger partial charge in [0.25, 0.3) is 0 Å². The molecule has 13 heavy (non-hydrogen) atoms. The van der Waals surface area contributed by atoms with E-state index >= 15 is 0 Å². The molecule has 0 aromatic heterocycles. The minimum Gasteiger partial charge on any atom is -0.381 e. The Bertz CT molecular complexity index is 113. The third kappa shape index (κ3) is 5.27. The van der Waals surface area contributed by atoms with E-state index < -0.39 is 0 Å².